The fourth-order valence-electron chi connectivity index (χ4n) is 1.16. The van der Waals surface area contributed by atoms with Crippen LogP contribution in [0, 0.1) is 5.82 Å². The van der Waals surface area contributed by atoms with Crippen LogP contribution in [0.25, 0.3) is 0 Å². The number of nitrogens with one attached hydrogen (secondary N) is 2. The van der Waals surface area contributed by atoms with E-state index in [0.29, 0.717) is 12.4 Å². The number of urea groups is 1. The van der Waals surface area contributed by atoms with Gasteiger partial charge in [0.2, 0.25) is 0 Å². The number of hydrazine groups is 1. The smallest absolute Gasteiger partial charge is 0.279 e. The minimum Gasteiger partial charge on any atom is -0.279 e. The molecule has 2 amide bonds. The normalized spacial score (nSPS) is 16.1. The van der Waals surface area contributed by atoms with Gasteiger partial charge in [0.05, 0.1) is 6.67 Å². The third-order valence-electron chi connectivity index (χ3n) is 1.82. The number of rotatable bonds is 1. The average Bonchev–Trinajstić information content (AvgIpc) is 2.53. The number of nitrogens with zero attached hydrogens (tertiary/aromatic N) is 1. The van der Waals surface area contributed by atoms with Crippen LogP contribution in [0.2, 0.25) is 0 Å². The summed E-state index contributed by atoms with van der Waals surface area (Å²) in [4.78, 5) is 12.6. The second kappa shape index (κ2) is 3.02. The van der Waals surface area contributed by atoms with E-state index in [1.165, 1.54) is 17.0 Å². The lowest BCUT2D eigenvalue weighted by atomic mass is 10.3. The van der Waals surface area contributed by atoms with E-state index in [-0.39, 0.29) is 11.8 Å². The first-order valence-corrected chi connectivity index (χ1v) is 3.83. The van der Waals surface area contributed by atoms with E-state index in [1.807, 2.05) is 0 Å². The molecule has 0 saturated carbocycles. The first kappa shape index (κ1) is 8.00. The first-order chi connectivity index (χ1) is 6.27. The summed E-state index contributed by atoms with van der Waals surface area (Å²) in [5.41, 5.74) is 5.76. The van der Waals surface area contributed by atoms with Gasteiger partial charge in [-0.25, -0.2) is 14.6 Å². The number of carbonyl (C=O) groups is 1. The molecule has 2 rings (SSSR count). The third-order valence-corrected chi connectivity index (χ3v) is 1.82. The fraction of sp³-hybridized carbons (Fsp3) is 0.125. The van der Waals surface area contributed by atoms with Gasteiger partial charge in [-0.1, -0.05) is 0 Å². The minimum absolute atomic E-state index is 0.230. The van der Waals surface area contributed by atoms with Crippen LogP contribution in [0.15, 0.2) is 24.3 Å². The zero-order chi connectivity index (χ0) is 9.26. The van der Waals surface area contributed by atoms with Crippen molar-refractivity contribution >= 4 is 11.7 Å². The van der Waals surface area contributed by atoms with Crippen LogP contribution >= 0.6 is 0 Å². The van der Waals surface area contributed by atoms with Crippen LogP contribution < -0.4 is 15.8 Å². The summed E-state index contributed by atoms with van der Waals surface area (Å²) in [6, 6.07) is 5.53. The highest BCUT2D eigenvalue weighted by molar-refractivity contribution is 5.93. The van der Waals surface area contributed by atoms with Crippen molar-refractivity contribution in [2.24, 2.45) is 0 Å². The van der Waals surface area contributed by atoms with Crippen LogP contribution in [0.4, 0.5) is 14.9 Å². The molecule has 4 nitrogen and oxygen atoms in total. The summed E-state index contributed by atoms with van der Waals surface area (Å²) in [5, 5.41) is 0. The van der Waals surface area contributed by atoms with Crippen molar-refractivity contribution in [3.05, 3.63) is 30.1 Å². The molecule has 1 aromatic carbocycles. The van der Waals surface area contributed by atoms with Crippen molar-refractivity contribution in [1.29, 1.82) is 0 Å². The number of anilines is 1. The van der Waals surface area contributed by atoms with Crippen LogP contribution in [0.5, 0.6) is 0 Å². The number of hydrogen-bond donors (Lipinski definition) is 2. The molecule has 0 spiro atoms. The molecule has 68 valence electrons. The average molecular weight is 181 g/mol. The van der Waals surface area contributed by atoms with Crippen molar-refractivity contribution in [2.45, 2.75) is 0 Å². The van der Waals surface area contributed by atoms with Gasteiger partial charge in [0.25, 0.3) is 0 Å². The van der Waals surface area contributed by atoms with Crippen molar-refractivity contribution in [3.8, 4) is 0 Å². The predicted molar refractivity (Wildman–Crippen MR) is 45.4 cm³/mol. The molecule has 0 radical (unpaired) electrons. The lowest BCUT2D eigenvalue weighted by Crippen LogP contribution is -2.28. The Morgan fingerprint density at radius 1 is 1.31 bits per heavy atom. The van der Waals surface area contributed by atoms with Gasteiger partial charge >= 0.3 is 6.03 Å². The Bertz CT molecular complexity index is 325. The monoisotopic (exact) mass is 181 g/mol. The van der Waals surface area contributed by atoms with Gasteiger partial charge in [-0.3, -0.25) is 10.3 Å². The molecule has 1 heterocycles. The van der Waals surface area contributed by atoms with E-state index in [2.05, 4.69) is 10.9 Å². The van der Waals surface area contributed by atoms with Crippen LogP contribution in [-0.4, -0.2) is 12.7 Å². The molecule has 0 aliphatic carbocycles. The first-order valence-electron chi connectivity index (χ1n) is 3.83. The highest BCUT2D eigenvalue weighted by Gasteiger charge is 2.20. The molecule has 1 aromatic rings. The summed E-state index contributed by atoms with van der Waals surface area (Å²) >= 11 is 0. The Hall–Kier alpha value is -1.62. The van der Waals surface area contributed by atoms with Crippen LogP contribution in [0.3, 0.4) is 0 Å². The maximum atomic E-state index is 12.5. The number of benzene rings is 1. The highest BCUT2D eigenvalue weighted by Crippen LogP contribution is 2.15. The maximum absolute atomic E-state index is 12.5. The largest absolute Gasteiger partial charge is 0.337 e. The lowest BCUT2D eigenvalue weighted by Gasteiger charge is -2.12. The maximum Gasteiger partial charge on any atom is 0.337 e. The second-order valence-electron chi connectivity index (χ2n) is 2.67. The van der Waals surface area contributed by atoms with Crippen molar-refractivity contribution in [2.75, 3.05) is 11.6 Å². The molecule has 1 aliphatic heterocycles. The number of amides is 2. The lowest BCUT2D eigenvalue weighted by molar-refractivity contribution is 0.250. The van der Waals surface area contributed by atoms with Gasteiger partial charge in [-0.2, -0.15) is 0 Å². The Labute approximate surface area is 74.3 Å². The Kier molecular flexibility index (Phi) is 1.86. The summed E-state index contributed by atoms with van der Waals surface area (Å²) in [6.07, 6.45) is 0. The Balaban J connectivity index is 2.25. The van der Waals surface area contributed by atoms with E-state index < -0.39 is 0 Å². The summed E-state index contributed by atoms with van der Waals surface area (Å²) in [5.74, 6) is -0.309. The molecule has 0 bridgehead atoms. The third kappa shape index (κ3) is 1.46. The second-order valence-corrected chi connectivity index (χ2v) is 2.67. The van der Waals surface area contributed by atoms with Crippen LogP contribution in [-0.2, 0) is 0 Å². The van der Waals surface area contributed by atoms with E-state index in [4.69, 9.17) is 0 Å². The van der Waals surface area contributed by atoms with Crippen molar-refractivity contribution < 1.29 is 9.18 Å². The molecule has 13 heavy (non-hydrogen) atoms. The van der Waals surface area contributed by atoms with Gasteiger partial charge in [-0.15, -0.1) is 0 Å². The Morgan fingerprint density at radius 2 is 2.00 bits per heavy atom. The fourth-order valence-corrected chi connectivity index (χ4v) is 1.16. The summed E-state index contributed by atoms with van der Waals surface area (Å²) in [7, 11) is 0. The summed E-state index contributed by atoms with van der Waals surface area (Å²) in [6.45, 7) is 0.393. The van der Waals surface area contributed by atoms with E-state index in [9.17, 15) is 9.18 Å². The van der Waals surface area contributed by atoms with Gasteiger partial charge in [0, 0.05) is 5.69 Å². The standard InChI is InChI=1S/C8H8FN3O/c9-6-1-3-7(4-2-6)12-5-10-11-8(12)13/h1-4,10H,5H2,(H,11,13). The van der Waals surface area contributed by atoms with E-state index >= 15 is 0 Å². The molecule has 0 aromatic heterocycles. The summed E-state index contributed by atoms with van der Waals surface area (Å²) < 4.78 is 12.5. The van der Waals surface area contributed by atoms with Gasteiger partial charge in [-0.05, 0) is 24.3 Å². The SMILES string of the molecule is O=C1NNCN1c1ccc(F)cc1. The van der Waals surface area contributed by atoms with Gasteiger partial charge in [0.1, 0.15) is 5.82 Å². The number of hydrogen-bond acceptors (Lipinski definition) is 2. The predicted octanol–water partition coefficient (Wildman–Crippen LogP) is 0.817. The van der Waals surface area contributed by atoms with Gasteiger partial charge < -0.3 is 0 Å². The van der Waals surface area contributed by atoms with Gasteiger partial charge in [0.15, 0.2) is 0 Å². The zero-order valence-electron chi connectivity index (χ0n) is 6.75. The molecule has 0 atom stereocenters. The minimum atomic E-state index is -0.309. The quantitative estimate of drug-likeness (QED) is 0.673. The Morgan fingerprint density at radius 3 is 2.54 bits per heavy atom. The molecule has 1 aliphatic rings. The van der Waals surface area contributed by atoms with Crippen LogP contribution in [0.1, 0.15) is 0 Å². The number of carbonyl (C=O) groups excluding carboxylic acids is 1. The topological polar surface area (TPSA) is 44.4 Å². The molecule has 5 heteroatoms. The molecule has 1 saturated heterocycles. The van der Waals surface area contributed by atoms with E-state index in [0.717, 1.165) is 0 Å². The molecule has 1 fully saturated rings. The molecule has 0 unspecified atom stereocenters. The van der Waals surface area contributed by atoms with Crippen molar-refractivity contribution in [1.82, 2.24) is 10.9 Å². The number of halogens is 1. The highest BCUT2D eigenvalue weighted by atomic mass is 19.1. The zero-order valence-corrected chi connectivity index (χ0v) is 6.75. The molecular weight excluding hydrogens is 173 g/mol. The molecular formula is C8H8FN3O. The van der Waals surface area contributed by atoms with Crippen molar-refractivity contribution in [3.63, 3.8) is 0 Å². The van der Waals surface area contributed by atoms with E-state index in [1.54, 1.807) is 12.1 Å². The molecule has 2 N–H and O–H groups in total.